The van der Waals surface area contributed by atoms with E-state index in [9.17, 15) is 0 Å². The van der Waals surface area contributed by atoms with E-state index in [1.807, 2.05) is 4.68 Å². The van der Waals surface area contributed by atoms with Gasteiger partial charge >= 0.3 is 0 Å². The maximum absolute atomic E-state index is 4.72. The molecule has 0 saturated carbocycles. The second kappa shape index (κ2) is 5.21. The molecule has 1 aromatic heterocycles. The fraction of sp³-hybridized carbons (Fsp3) is 0.786. The topological polar surface area (TPSA) is 21.1 Å². The van der Waals surface area contributed by atoms with Crippen molar-refractivity contribution in [2.75, 3.05) is 13.1 Å². The summed E-state index contributed by atoms with van der Waals surface area (Å²) < 4.78 is 2.05. The molecule has 3 nitrogen and oxygen atoms in total. The highest BCUT2D eigenvalue weighted by Crippen LogP contribution is 2.27. The van der Waals surface area contributed by atoms with Crippen LogP contribution in [0.2, 0.25) is 0 Å². The van der Waals surface area contributed by atoms with Crippen LogP contribution in [0.25, 0.3) is 0 Å². The molecule has 0 spiro atoms. The monoisotopic (exact) mass is 235 g/mol. The van der Waals surface area contributed by atoms with E-state index in [0.717, 1.165) is 6.54 Å². The molecule has 0 aliphatic carbocycles. The lowest BCUT2D eigenvalue weighted by Crippen LogP contribution is -2.19. The van der Waals surface area contributed by atoms with Gasteiger partial charge in [0.1, 0.15) is 0 Å². The van der Waals surface area contributed by atoms with E-state index in [1.54, 1.807) is 0 Å². The summed E-state index contributed by atoms with van der Waals surface area (Å²) in [7, 11) is 2.06. The van der Waals surface area contributed by atoms with Gasteiger partial charge in [0.15, 0.2) is 0 Å². The van der Waals surface area contributed by atoms with Crippen molar-refractivity contribution in [1.29, 1.82) is 0 Å². The molecule has 0 amide bonds. The van der Waals surface area contributed by atoms with Crippen LogP contribution in [-0.2, 0) is 13.6 Å². The summed E-state index contributed by atoms with van der Waals surface area (Å²) in [6, 6.07) is 0. The Morgan fingerprint density at radius 3 is 2.53 bits per heavy atom. The van der Waals surface area contributed by atoms with E-state index in [1.165, 1.54) is 49.3 Å². The van der Waals surface area contributed by atoms with Crippen LogP contribution in [0.1, 0.15) is 56.0 Å². The van der Waals surface area contributed by atoms with Gasteiger partial charge in [-0.1, -0.05) is 13.8 Å². The Bertz CT molecular complexity index is 375. The fourth-order valence-electron chi connectivity index (χ4n) is 2.81. The van der Waals surface area contributed by atoms with Gasteiger partial charge in [-0.15, -0.1) is 0 Å². The Morgan fingerprint density at radius 1 is 1.29 bits per heavy atom. The number of rotatable bonds is 4. The van der Waals surface area contributed by atoms with Crippen molar-refractivity contribution in [2.24, 2.45) is 7.05 Å². The molecule has 0 bridgehead atoms. The lowest BCUT2D eigenvalue weighted by Gasteiger charge is -2.16. The van der Waals surface area contributed by atoms with Gasteiger partial charge in [0.25, 0.3) is 0 Å². The van der Waals surface area contributed by atoms with Crippen molar-refractivity contribution in [3.05, 3.63) is 17.0 Å². The van der Waals surface area contributed by atoms with E-state index >= 15 is 0 Å². The molecule has 0 radical (unpaired) electrons. The predicted molar refractivity (Wildman–Crippen MR) is 71.2 cm³/mol. The molecule has 1 unspecified atom stereocenters. The summed E-state index contributed by atoms with van der Waals surface area (Å²) in [6.45, 7) is 10.3. The number of hydrogen-bond donors (Lipinski definition) is 0. The summed E-state index contributed by atoms with van der Waals surface area (Å²) in [5.74, 6) is 0.626. The highest BCUT2D eigenvalue weighted by atomic mass is 15.3. The van der Waals surface area contributed by atoms with E-state index in [4.69, 9.17) is 5.10 Å². The molecule has 1 aliphatic heterocycles. The average molecular weight is 235 g/mol. The Kier molecular flexibility index (Phi) is 3.87. The molecule has 1 aliphatic rings. The first-order chi connectivity index (χ1) is 8.13. The Balaban J connectivity index is 2.22. The van der Waals surface area contributed by atoms with Crippen molar-refractivity contribution in [3.8, 4) is 0 Å². The van der Waals surface area contributed by atoms with Crippen LogP contribution in [-0.4, -0.2) is 27.8 Å². The number of aryl methyl sites for hydroxylation is 1. The summed E-state index contributed by atoms with van der Waals surface area (Å²) in [4.78, 5) is 2.54. The van der Waals surface area contributed by atoms with Crippen LogP contribution in [0.15, 0.2) is 0 Å². The van der Waals surface area contributed by atoms with Crippen molar-refractivity contribution in [1.82, 2.24) is 14.7 Å². The summed E-state index contributed by atoms with van der Waals surface area (Å²) in [6.07, 6.45) is 3.90. The normalized spacial score (nSPS) is 18.8. The Hall–Kier alpha value is -0.830. The van der Waals surface area contributed by atoms with Gasteiger partial charge in [0.2, 0.25) is 0 Å². The van der Waals surface area contributed by atoms with Gasteiger partial charge in [-0.05, 0) is 45.2 Å². The highest BCUT2D eigenvalue weighted by molar-refractivity contribution is 5.29. The third-order valence-corrected chi connectivity index (χ3v) is 4.13. The minimum Gasteiger partial charge on any atom is -0.297 e. The molecule has 1 aromatic rings. The highest BCUT2D eigenvalue weighted by Gasteiger charge is 2.21. The standard InChI is InChI=1S/C14H25N3/c1-5-11(2)14-12(3)16(4)15-13(14)10-17-8-6-7-9-17/h11H,5-10H2,1-4H3. The molecule has 1 fully saturated rings. The quantitative estimate of drug-likeness (QED) is 0.800. The zero-order chi connectivity index (χ0) is 12.4. The van der Waals surface area contributed by atoms with E-state index in [-0.39, 0.29) is 0 Å². The summed E-state index contributed by atoms with van der Waals surface area (Å²) in [5, 5.41) is 4.72. The van der Waals surface area contributed by atoms with Gasteiger partial charge in [0, 0.05) is 24.8 Å². The van der Waals surface area contributed by atoms with Crippen LogP contribution in [0.5, 0.6) is 0 Å². The fourth-order valence-corrected chi connectivity index (χ4v) is 2.81. The van der Waals surface area contributed by atoms with Gasteiger partial charge in [-0.3, -0.25) is 9.58 Å². The average Bonchev–Trinajstić information content (AvgIpc) is 2.89. The van der Waals surface area contributed by atoms with E-state index in [0.29, 0.717) is 5.92 Å². The molecule has 0 aromatic carbocycles. The second-order valence-electron chi connectivity index (χ2n) is 5.36. The van der Waals surface area contributed by atoms with Crippen LogP contribution in [0, 0.1) is 6.92 Å². The molecule has 17 heavy (non-hydrogen) atoms. The van der Waals surface area contributed by atoms with E-state index in [2.05, 4.69) is 32.7 Å². The maximum atomic E-state index is 4.72. The first-order valence-corrected chi connectivity index (χ1v) is 6.88. The summed E-state index contributed by atoms with van der Waals surface area (Å²) in [5.41, 5.74) is 4.14. The summed E-state index contributed by atoms with van der Waals surface area (Å²) >= 11 is 0. The zero-order valence-corrected chi connectivity index (χ0v) is 11.7. The molecule has 96 valence electrons. The van der Waals surface area contributed by atoms with Gasteiger partial charge in [-0.2, -0.15) is 5.10 Å². The maximum Gasteiger partial charge on any atom is 0.0802 e. The molecular formula is C14H25N3. The number of aromatic nitrogens is 2. The van der Waals surface area contributed by atoms with Crippen molar-refractivity contribution in [3.63, 3.8) is 0 Å². The largest absolute Gasteiger partial charge is 0.297 e. The molecule has 1 atom stereocenters. The minimum absolute atomic E-state index is 0.626. The van der Waals surface area contributed by atoms with E-state index < -0.39 is 0 Å². The van der Waals surface area contributed by atoms with Crippen LogP contribution in [0.4, 0.5) is 0 Å². The SMILES string of the molecule is CCC(C)c1c(CN2CCCC2)nn(C)c1C. The predicted octanol–water partition coefficient (Wildman–Crippen LogP) is 2.84. The molecule has 1 saturated heterocycles. The Labute approximate surface area is 105 Å². The van der Waals surface area contributed by atoms with Crippen molar-refractivity contribution in [2.45, 2.75) is 52.5 Å². The zero-order valence-electron chi connectivity index (χ0n) is 11.7. The van der Waals surface area contributed by atoms with Crippen LogP contribution >= 0.6 is 0 Å². The smallest absolute Gasteiger partial charge is 0.0802 e. The number of likely N-dealkylation sites (tertiary alicyclic amines) is 1. The number of nitrogens with zero attached hydrogens (tertiary/aromatic N) is 3. The van der Waals surface area contributed by atoms with Crippen LogP contribution < -0.4 is 0 Å². The van der Waals surface area contributed by atoms with Crippen molar-refractivity contribution >= 4 is 0 Å². The molecular weight excluding hydrogens is 210 g/mol. The third-order valence-electron chi connectivity index (χ3n) is 4.13. The number of hydrogen-bond acceptors (Lipinski definition) is 2. The first kappa shape index (κ1) is 12.6. The lowest BCUT2D eigenvalue weighted by atomic mass is 9.96. The second-order valence-corrected chi connectivity index (χ2v) is 5.36. The Morgan fingerprint density at radius 2 is 1.94 bits per heavy atom. The molecule has 2 heterocycles. The molecule has 0 N–H and O–H groups in total. The third kappa shape index (κ3) is 2.54. The van der Waals surface area contributed by atoms with Crippen molar-refractivity contribution < 1.29 is 0 Å². The van der Waals surface area contributed by atoms with Gasteiger partial charge in [0.05, 0.1) is 5.69 Å². The lowest BCUT2D eigenvalue weighted by molar-refractivity contribution is 0.324. The first-order valence-electron chi connectivity index (χ1n) is 6.88. The molecule has 2 rings (SSSR count). The minimum atomic E-state index is 0.626. The van der Waals surface area contributed by atoms with Gasteiger partial charge < -0.3 is 0 Å². The van der Waals surface area contributed by atoms with Crippen LogP contribution in [0.3, 0.4) is 0 Å². The molecule has 3 heteroatoms. The van der Waals surface area contributed by atoms with Gasteiger partial charge in [-0.25, -0.2) is 0 Å².